The Morgan fingerprint density at radius 1 is 1.00 bits per heavy atom. The third-order valence-corrected chi connectivity index (χ3v) is 5.95. The summed E-state index contributed by atoms with van der Waals surface area (Å²) in [4.78, 5) is 16.4. The van der Waals surface area contributed by atoms with E-state index in [9.17, 15) is 0 Å². The van der Waals surface area contributed by atoms with Crippen molar-refractivity contribution in [2.24, 2.45) is 0 Å². The predicted octanol–water partition coefficient (Wildman–Crippen LogP) is 5.62. The smallest absolute Gasteiger partial charge is 0.184 e. The van der Waals surface area contributed by atoms with Gasteiger partial charge in [-0.3, -0.25) is 4.98 Å². The van der Waals surface area contributed by atoms with Crippen LogP contribution in [0, 0.1) is 0 Å². The van der Waals surface area contributed by atoms with Crippen molar-refractivity contribution in [2.75, 3.05) is 5.32 Å². The molecule has 3 heterocycles. The number of nitrogens with zero attached hydrogens (tertiary/aromatic N) is 3. The van der Waals surface area contributed by atoms with Crippen LogP contribution in [0.15, 0.2) is 48.9 Å². The van der Waals surface area contributed by atoms with Crippen LogP contribution in [0.5, 0.6) is 11.5 Å². The lowest BCUT2D eigenvalue weighted by Gasteiger charge is -2.22. The maximum atomic E-state index is 6.06. The molecule has 28 heavy (non-hydrogen) atoms. The summed E-state index contributed by atoms with van der Waals surface area (Å²) >= 11 is 1.69. The number of thiazole rings is 1. The van der Waals surface area contributed by atoms with E-state index in [1.54, 1.807) is 29.9 Å². The fourth-order valence-corrected chi connectivity index (χ4v) is 4.57. The molecule has 4 aromatic rings. The second kappa shape index (κ2) is 7.59. The number of ether oxygens (including phenoxy) is 1. The molecule has 0 bridgehead atoms. The van der Waals surface area contributed by atoms with Crippen molar-refractivity contribution in [1.82, 2.24) is 19.9 Å². The summed E-state index contributed by atoms with van der Waals surface area (Å²) < 4.78 is 7.18. The minimum Gasteiger partial charge on any atom is -0.457 e. The molecule has 142 valence electrons. The zero-order valence-electron chi connectivity index (χ0n) is 15.4. The lowest BCUT2D eigenvalue weighted by molar-refractivity contribution is 0.462. The van der Waals surface area contributed by atoms with Crippen molar-refractivity contribution >= 4 is 26.7 Å². The molecule has 1 saturated carbocycles. The SMILES string of the molecule is c1cc(Oc2ccc3nc(NC4CCCCC4)sc3c2)cc(-c2ncc[nH]2)n1. The van der Waals surface area contributed by atoms with Crippen molar-refractivity contribution in [1.29, 1.82) is 0 Å². The first-order chi connectivity index (χ1) is 13.8. The van der Waals surface area contributed by atoms with E-state index < -0.39 is 0 Å². The quantitative estimate of drug-likeness (QED) is 0.462. The van der Waals surface area contributed by atoms with Gasteiger partial charge in [-0.2, -0.15) is 0 Å². The van der Waals surface area contributed by atoms with E-state index in [4.69, 9.17) is 9.72 Å². The molecule has 5 rings (SSSR count). The summed E-state index contributed by atoms with van der Waals surface area (Å²) in [5.41, 5.74) is 1.75. The van der Waals surface area contributed by atoms with Gasteiger partial charge in [-0.1, -0.05) is 30.6 Å². The van der Waals surface area contributed by atoms with Crippen molar-refractivity contribution < 1.29 is 4.74 Å². The molecular formula is C21H21N5OS. The molecule has 0 unspecified atom stereocenters. The molecule has 7 heteroatoms. The number of aromatic amines is 1. The van der Waals surface area contributed by atoms with Gasteiger partial charge >= 0.3 is 0 Å². The van der Waals surface area contributed by atoms with E-state index >= 15 is 0 Å². The Kier molecular flexibility index (Phi) is 4.66. The van der Waals surface area contributed by atoms with Gasteiger partial charge in [0.2, 0.25) is 0 Å². The standard InChI is InChI=1S/C21H21N5OS/c1-2-4-14(5-3-1)25-21-26-17-7-6-15(13-19(17)28-21)27-16-8-9-22-18(12-16)20-23-10-11-24-20/h6-14H,1-5H2,(H,23,24)(H,25,26). The fourth-order valence-electron chi connectivity index (χ4n) is 3.60. The van der Waals surface area contributed by atoms with Crippen LogP contribution in [-0.4, -0.2) is 26.0 Å². The topological polar surface area (TPSA) is 75.7 Å². The van der Waals surface area contributed by atoms with Gasteiger partial charge < -0.3 is 15.0 Å². The average molecular weight is 392 g/mol. The number of hydrogen-bond acceptors (Lipinski definition) is 6. The van der Waals surface area contributed by atoms with E-state index in [1.165, 1.54) is 32.1 Å². The third kappa shape index (κ3) is 3.71. The normalized spacial score (nSPS) is 15.0. The molecule has 0 atom stereocenters. The van der Waals surface area contributed by atoms with E-state index in [0.717, 1.165) is 38.4 Å². The molecule has 1 aromatic carbocycles. The number of nitrogens with one attached hydrogen (secondary N) is 2. The number of hydrogen-bond donors (Lipinski definition) is 2. The Bertz CT molecular complexity index is 1070. The van der Waals surface area contributed by atoms with Gasteiger partial charge in [0.1, 0.15) is 17.2 Å². The van der Waals surface area contributed by atoms with E-state index in [2.05, 4.69) is 20.3 Å². The number of anilines is 1. The number of fused-ring (bicyclic) bond motifs is 1. The van der Waals surface area contributed by atoms with Crippen LogP contribution in [-0.2, 0) is 0 Å². The van der Waals surface area contributed by atoms with Crippen LogP contribution in [0.2, 0.25) is 0 Å². The summed E-state index contributed by atoms with van der Waals surface area (Å²) in [5, 5.41) is 4.61. The van der Waals surface area contributed by atoms with Crippen LogP contribution >= 0.6 is 11.3 Å². The van der Waals surface area contributed by atoms with Crippen molar-refractivity contribution in [3.8, 4) is 23.0 Å². The summed E-state index contributed by atoms with van der Waals surface area (Å²) in [6.07, 6.45) is 11.7. The molecule has 3 aromatic heterocycles. The van der Waals surface area contributed by atoms with Crippen LogP contribution in [0.4, 0.5) is 5.13 Å². The van der Waals surface area contributed by atoms with Gasteiger partial charge in [-0.15, -0.1) is 0 Å². The highest BCUT2D eigenvalue weighted by Gasteiger charge is 2.15. The number of imidazole rings is 1. The minimum atomic E-state index is 0.557. The molecule has 0 amide bonds. The van der Waals surface area contributed by atoms with Crippen molar-refractivity contribution in [2.45, 2.75) is 38.1 Å². The van der Waals surface area contributed by atoms with Crippen LogP contribution in [0.3, 0.4) is 0 Å². The minimum absolute atomic E-state index is 0.557. The fraction of sp³-hybridized carbons (Fsp3) is 0.286. The summed E-state index contributed by atoms with van der Waals surface area (Å²) in [6.45, 7) is 0. The van der Waals surface area contributed by atoms with Gasteiger partial charge in [-0.25, -0.2) is 9.97 Å². The second-order valence-electron chi connectivity index (χ2n) is 7.04. The average Bonchev–Trinajstić information content (AvgIpc) is 3.38. The molecule has 0 aliphatic heterocycles. The highest BCUT2D eigenvalue weighted by Crippen LogP contribution is 2.33. The van der Waals surface area contributed by atoms with Gasteiger partial charge in [0.15, 0.2) is 11.0 Å². The van der Waals surface area contributed by atoms with Crippen molar-refractivity contribution in [3.05, 3.63) is 48.9 Å². The van der Waals surface area contributed by atoms with E-state index in [0.29, 0.717) is 6.04 Å². The number of benzene rings is 1. The largest absolute Gasteiger partial charge is 0.457 e. The molecule has 1 fully saturated rings. The summed E-state index contributed by atoms with van der Waals surface area (Å²) in [6, 6.07) is 10.3. The summed E-state index contributed by atoms with van der Waals surface area (Å²) in [7, 11) is 0. The number of H-pyrrole nitrogens is 1. The molecular weight excluding hydrogens is 370 g/mol. The van der Waals surface area contributed by atoms with Crippen LogP contribution in [0.25, 0.3) is 21.7 Å². The maximum absolute atomic E-state index is 6.06. The number of pyridine rings is 1. The van der Waals surface area contributed by atoms with Crippen LogP contribution in [0.1, 0.15) is 32.1 Å². The summed E-state index contributed by atoms with van der Waals surface area (Å²) in [5.74, 6) is 2.24. The predicted molar refractivity (Wildman–Crippen MR) is 112 cm³/mol. The number of rotatable bonds is 5. The highest BCUT2D eigenvalue weighted by molar-refractivity contribution is 7.22. The second-order valence-corrected chi connectivity index (χ2v) is 8.08. The van der Waals surface area contributed by atoms with Gasteiger partial charge in [-0.05, 0) is 31.0 Å². The monoisotopic (exact) mass is 391 g/mol. The number of aromatic nitrogens is 4. The zero-order chi connectivity index (χ0) is 18.8. The van der Waals surface area contributed by atoms with Crippen LogP contribution < -0.4 is 10.1 Å². The van der Waals surface area contributed by atoms with Gasteiger partial charge in [0.05, 0.1) is 10.2 Å². The lowest BCUT2D eigenvalue weighted by Crippen LogP contribution is -2.21. The highest BCUT2D eigenvalue weighted by atomic mass is 32.1. The maximum Gasteiger partial charge on any atom is 0.184 e. The van der Waals surface area contributed by atoms with Gasteiger partial charge in [0, 0.05) is 36.8 Å². The molecule has 1 aliphatic carbocycles. The zero-order valence-corrected chi connectivity index (χ0v) is 16.2. The Morgan fingerprint density at radius 3 is 2.75 bits per heavy atom. The first kappa shape index (κ1) is 17.2. The Hall–Kier alpha value is -2.93. The first-order valence-corrected chi connectivity index (χ1v) is 10.5. The third-order valence-electron chi connectivity index (χ3n) is 5.00. The molecule has 6 nitrogen and oxygen atoms in total. The first-order valence-electron chi connectivity index (χ1n) is 9.64. The Balaban J connectivity index is 1.34. The van der Waals surface area contributed by atoms with E-state index in [-0.39, 0.29) is 0 Å². The molecule has 2 N–H and O–H groups in total. The molecule has 1 aliphatic rings. The Labute approximate surface area is 167 Å². The lowest BCUT2D eigenvalue weighted by atomic mass is 9.96. The van der Waals surface area contributed by atoms with E-state index in [1.807, 2.05) is 30.3 Å². The molecule has 0 saturated heterocycles. The Morgan fingerprint density at radius 2 is 1.89 bits per heavy atom. The van der Waals surface area contributed by atoms with Gasteiger partial charge in [0.25, 0.3) is 0 Å². The van der Waals surface area contributed by atoms with Crippen molar-refractivity contribution in [3.63, 3.8) is 0 Å². The molecule has 0 spiro atoms. The molecule has 0 radical (unpaired) electrons.